The first kappa shape index (κ1) is 18.0. The number of hydrogen-bond acceptors (Lipinski definition) is 5. The van der Waals surface area contributed by atoms with Crippen molar-refractivity contribution in [1.82, 2.24) is 0 Å². The number of ether oxygens (including phenoxy) is 1. The van der Waals surface area contributed by atoms with E-state index in [1.54, 1.807) is 42.5 Å². The molecule has 0 saturated heterocycles. The number of benzene rings is 2. The molecule has 0 aliphatic carbocycles. The van der Waals surface area contributed by atoms with Crippen LogP contribution < -0.4 is 21.8 Å². The summed E-state index contributed by atoms with van der Waals surface area (Å²) in [6, 6.07) is 14.0. The smallest absolute Gasteiger partial charge is 0.343 e. The molecule has 0 fully saturated rings. The lowest BCUT2D eigenvalue weighted by atomic mass is 10.2. The molecule has 0 bridgehead atoms. The predicted octanol–water partition coefficient (Wildman–Crippen LogP) is 2.34. The highest BCUT2D eigenvalue weighted by molar-refractivity contribution is 5.92. The molecule has 3 rings (SSSR count). The number of carbonyl (C=O) groups excluding carboxylic acids is 1. The minimum atomic E-state index is -0.552. The summed E-state index contributed by atoms with van der Waals surface area (Å²) in [6.07, 6.45) is 0. The van der Waals surface area contributed by atoms with Crippen molar-refractivity contribution >= 4 is 41.0 Å². The molecular weight excluding hydrogens is 346 g/mol. The Bertz CT molecular complexity index is 993. The normalized spacial score (nSPS) is 9.92. The maximum atomic E-state index is 12.2. The average molecular weight is 360 g/mol. The Morgan fingerprint density at radius 1 is 1.00 bits per heavy atom. The van der Waals surface area contributed by atoms with Crippen LogP contribution in [0.3, 0.4) is 0 Å². The molecule has 3 aromatic rings. The summed E-state index contributed by atoms with van der Waals surface area (Å²) < 4.78 is 10.3. The summed E-state index contributed by atoms with van der Waals surface area (Å²) >= 11 is 0. The Labute approximate surface area is 148 Å². The summed E-state index contributed by atoms with van der Waals surface area (Å²) in [7, 11) is 0. The van der Waals surface area contributed by atoms with E-state index in [1.807, 2.05) is 0 Å². The van der Waals surface area contributed by atoms with Crippen LogP contribution in [-0.2, 0) is 0 Å². The first-order valence-corrected chi connectivity index (χ1v) is 6.97. The number of guanidine groups is 1. The molecule has 0 aliphatic rings. The van der Waals surface area contributed by atoms with Gasteiger partial charge in [0.15, 0.2) is 5.96 Å². The molecule has 7 nitrogen and oxygen atoms in total. The maximum absolute atomic E-state index is 12.2. The van der Waals surface area contributed by atoms with Crippen molar-refractivity contribution in [3.8, 4) is 5.75 Å². The number of carbonyl (C=O) groups is 1. The van der Waals surface area contributed by atoms with Gasteiger partial charge in [0.25, 0.3) is 0 Å². The van der Waals surface area contributed by atoms with Gasteiger partial charge in [-0.05, 0) is 42.5 Å². The number of halogens is 1. The zero-order valence-electron chi connectivity index (χ0n) is 12.8. The molecule has 1 heterocycles. The predicted molar refractivity (Wildman–Crippen MR) is 96.6 cm³/mol. The highest BCUT2D eigenvalue weighted by atomic mass is 35.5. The Morgan fingerprint density at radius 2 is 1.68 bits per heavy atom. The molecule has 0 unspecified atom stereocenters. The molecule has 0 aliphatic heterocycles. The fourth-order valence-corrected chi connectivity index (χ4v) is 2.09. The second-order valence-corrected chi connectivity index (χ2v) is 4.93. The van der Waals surface area contributed by atoms with Gasteiger partial charge >= 0.3 is 11.6 Å². The quantitative estimate of drug-likeness (QED) is 0.243. The van der Waals surface area contributed by atoms with Gasteiger partial charge in [-0.2, -0.15) is 0 Å². The van der Waals surface area contributed by atoms with E-state index >= 15 is 0 Å². The average Bonchev–Trinajstić information content (AvgIpc) is 2.54. The standard InChI is InChI=1S/C17H13N3O4.ClH/c18-17(19)20-12-5-1-11(2-6-12)16(22)23-13-7-3-10-4-8-15(21)24-14(10)9-13;/h1-9H,(H4,18,19,20);1H. The van der Waals surface area contributed by atoms with E-state index in [9.17, 15) is 9.59 Å². The molecule has 4 N–H and O–H groups in total. The van der Waals surface area contributed by atoms with Crippen molar-refractivity contribution in [1.29, 1.82) is 0 Å². The van der Waals surface area contributed by atoms with Crippen molar-refractivity contribution < 1.29 is 13.9 Å². The van der Waals surface area contributed by atoms with Gasteiger partial charge in [-0.15, -0.1) is 12.4 Å². The lowest BCUT2D eigenvalue weighted by molar-refractivity contribution is 0.0735. The topological polar surface area (TPSA) is 121 Å². The zero-order chi connectivity index (χ0) is 17.1. The van der Waals surface area contributed by atoms with Gasteiger partial charge in [-0.25, -0.2) is 14.6 Å². The molecule has 0 saturated carbocycles. The van der Waals surface area contributed by atoms with E-state index in [1.165, 1.54) is 12.1 Å². The van der Waals surface area contributed by atoms with E-state index in [2.05, 4.69) is 4.99 Å². The maximum Gasteiger partial charge on any atom is 0.343 e. The Kier molecular flexibility index (Phi) is 5.41. The first-order chi connectivity index (χ1) is 11.5. The van der Waals surface area contributed by atoms with E-state index in [0.717, 1.165) is 5.39 Å². The van der Waals surface area contributed by atoms with Crippen molar-refractivity contribution in [2.24, 2.45) is 16.5 Å². The Balaban J connectivity index is 0.00000225. The van der Waals surface area contributed by atoms with Crippen LogP contribution in [0, 0.1) is 0 Å². The molecule has 25 heavy (non-hydrogen) atoms. The summed E-state index contributed by atoms with van der Waals surface area (Å²) in [5.41, 5.74) is 11.3. The highest BCUT2D eigenvalue weighted by Crippen LogP contribution is 2.21. The van der Waals surface area contributed by atoms with Gasteiger partial charge in [-0.3, -0.25) is 0 Å². The zero-order valence-corrected chi connectivity index (χ0v) is 13.7. The highest BCUT2D eigenvalue weighted by Gasteiger charge is 2.09. The second-order valence-electron chi connectivity index (χ2n) is 4.93. The van der Waals surface area contributed by atoms with Crippen LogP contribution in [0.25, 0.3) is 11.0 Å². The van der Waals surface area contributed by atoms with E-state index in [4.69, 9.17) is 20.6 Å². The van der Waals surface area contributed by atoms with Crippen LogP contribution in [0.5, 0.6) is 5.75 Å². The third kappa shape index (κ3) is 4.36. The number of esters is 1. The second kappa shape index (κ2) is 7.50. The molecule has 128 valence electrons. The number of fused-ring (bicyclic) bond motifs is 1. The monoisotopic (exact) mass is 359 g/mol. The van der Waals surface area contributed by atoms with Crippen LogP contribution >= 0.6 is 12.4 Å². The molecule has 2 aromatic carbocycles. The Hall–Kier alpha value is -3.32. The summed E-state index contributed by atoms with van der Waals surface area (Å²) in [4.78, 5) is 27.3. The SMILES string of the molecule is Cl.NC(N)=Nc1ccc(C(=O)Oc2ccc3ccc(=O)oc3c2)cc1. The van der Waals surface area contributed by atoms with Gasteiger partial charge in [0.2, 0.25) is 0 Å². The lowest BCUT2D eigenvalue weighted by Crippen LogP contribution is -2.21. The van der Waals surface area contributed by atoms with Crippen molar-refractivity contribution in [2.45, 2.75) is 0 Å². The van der Waals surface area contributed by atoms with Crippen molar-refractivity contribution in [3.63, 3.8) is 0 Å². The number of nitrogens with zero attached hydrogens (tertiary/aromatic N) is 1. The minimum Gasteiger partial charge on any atom is -0.423 e. The fourth-order valence-electron chi connectivity index (χ4n) is 2.09. The summed E-state index contributed by atoms with van der Waals surface area (Å²) in [5, 5.41) is 0.732. The third-order valence-electron chi connectivity index (χ3n) is 3.17. The van der Waals surface area contributed by atoms with Gasteiger partial charge in [0.1, 0.15) is 11.3 Å². The van der Waals surface area contributed by atoms with Crippen LogP contribution in [-0.4, -0.2) is 11.9 Å². The lowest BCUT2D eigenvalue weighted by Gasteiger charge is -2.05. The minimum absolute atomic E-state index is 0. The van der Waals surface area contributed by atoms with Crippen molar-refractivity contribution in [3.05, 3.63) is 70.6 Å². The van der Waals surface area contributed by atoms with E-state index in [0.29, 0.717) is 16.8 Å². The summed E-state index contributed by atoms with van der Waals surface area (Å²) in [5.74, 6) is -0.345. The number of hydrogen-bond donors (Lipinski definition) is 2. The van der Waals surface area contributed by atoms with Gasteiger partial charge in [-0.1, -0.05) is 0 Å². The van der Waals surface area contributed by atoms with Gasteiger partial charge < -0.3 is 20.6 Å². The molecule has 0 atom stereocenters. The molecule has 8 heteroatoms. The van der Waals surface area contributed by atoms with Gasteiger partial charge in [0, 0.05) is 17.5 Å². The van der Waals surface area contributed by atoms with Crippen molar-refractivity contribution in [2.75, 3.05) is 0 Å². The van der Waals surface area contributed by atoms with Crippen LogP contribution in [0.4, 0.5) is 5.69 Å². The van der Waals surface area contributed by atoms with Crippen LogP contribution in [0.2, 0.25) is 0 Å². The summed E-state index contributed by atoms with van der Waals surface area (Å²) in [6.45, 7) is 0. The molecule has 0 amide bonds. The number of rotatable bonds is 3. The number of nitrogens with two attached hydrogens (primary N) is 2. The van der Waals surface area contributed by atoms with Crippen LogP contribution in [0.15, 0.2) is 68.8 Å². The molecule has 0 radical (unpaired) electrons. The molecule has 1 aromatic heterocycles. The van der Waals surface area contributed by atoms with E-state index < -0.39 is 11.6 Å². The van der Waals surface area contributed by atoms with E-state index in [-0.39, 0.29) is 24.1 Å². The van der Waals surface area contributed by atoms with Gasteiger partial charge in [0.05, 0.1) is 11.3 Å². The van der Waals surface area contributed by atoms with Crippen LogP contribution in [0.1, 0.15) is 10.4 Å². The third-order valence-corrected chi connectivity index (χ3v) is 3.17. The molecule has 0 spiro atoms. The largest absolute Gasteiger partial charge is 0.423 e. The Morgan fingerprint density at radius 3 is 2.36 bits per heavy atom. The number of aliphatic imine (C=N–C) groups is 1. The fraction of sp³-hybridized carbons (Fsp3) is 0. The molecular formula is C17H14ClN3O4. The first-order valence-electron chi connectivity index (χ1n) is 6.97.